The van der Waals surface area contributed by atoms with Crippen molar-refractivity contribution in [3.05, 3.63) is 23.7 Å². The molecule has 0 aliphatic rings. The third kappa shape index (κ3) is 2.33. The van der Waals surface area contributed by atoms with Crippen molar-refractivity contribution < 1.29 is 4.42 Å². The van der Waals surface area contributed by atoms with Crippen molar-refractivity contribution in [1.82, 2.24) is 15.3 Å². The zero-order chi connectivity index (χ0) is 10.8. The van der Waals surface area contributed by atoms with E-state index < -0.39 is 0 Å². The van der Waals surface area contributed by atoms with Gasteiger partial charge in [-0.3, -0.25) is 0 Å². The number of nitrogens with one attached hydrogen (secondary N) is 1. The van der Waals surface area contributed by atoms with Crippen LogP contribution < -0.4 is 5.32 Å². The van der Waals surface area contributed by atoms with E-state index in [0.717, 1.165) is 11.3 Å². The second-order valence-corrected chi connectivity index (χ2v) is 3.92. The van der Waals surface area contributed by atoms with Crippen LogP contribution in [-0.4, -0.2) is 16.0 Å². The van der Waals surface area contributed by atoms with Gasteiger partial charge in [-0.25, -0.2) is 4.98 Å². The first-order valence-corrected chi connectivity index (χ1v) is 5.11. The van der Waals surface area contributed by atoms with Gasteiger partial charge in [0.15, 0.2) is 11.2 Å². The molecule has 0 aliphatic carbocycles. The maximum atomic E-state index is 5.54. The van der Waals surface area contributed by atoms with Crippen LogP contribution in [0, 0.1) is 6.92 Å². The molecule has 2 aromatic rings. The van der Waals surface area contributed by atoms with Crippen molar-refractivity contribution in [2.45, 2.75) is 33.4 Å². The lowest BCUT2D eigenvalue weighted by molar-refractivity contribution is 0.472. The van der Waals surface area contributed by atoms with Gasteiger partial charge in [0.25, 0.3) is 0 Å². The van der Waals surface area contributed by atoms with Crippen LogP contribution in [0.25, 0.3) is 11.2 Å². The molecule has 0 unspecified atom stereocenters. The maximum absolute atomic E-state index is 5.54. The third-order valence-corrected chi connectivity index (χ3v) is 2.10. The van der Waals surface area contributed by atoms with Gasteiger partial charge in [-0.05, 0) is 19.1 Å². The van der Waals surface area contributed by atoms with Crippen LogP contribution >= 0.6 is 0 Å². The Bertz CT molecular complexity index is 462. The number of aryl methyl sites for hydroxylation is 1. The SMILES string of the molecule is Cc1ccc2oc(CNC(C)C)nc2n1. The lowest BCUT2D eigenvalue weighted by Crippen LogP contribution is -2.21. The second kappa shape index (κ2) is 3.98. The number of pyridine rings is 1. The summed E-state index contributed by atoms with van der Waals surface area (Å²) in [6.45, 7) is 6.77. The second-order valence-electron chi connectivity index (χ2n) is 3.92. The van der Waals surface area contributed by atoms with Crippen molar-refractivity contribution >= 4 is 11.2 Å². The summed E-state index contributed by atoms with van der Waals surface area (Å²) in [5.74, 6) is 0.691. The summed E-state index contributed by atoms with van der Waals surface area (Å²) in [6.07, 6.45) is 0. The standard InChI is InChI=1S/C11H15N3O/c1-7(2)12-6-10-14-11-9(15-10)5-4-8(3)13-11/h4-5,7,12H,6H2,1-3H3. The zero-order valence-electron chi connectivity index (χ0n) is 9.24. The van der Waals surface area contributed by atoms with Gasteiger partial charge in [0, 0.05) is 11.7 Å². The van der Waals surface area contributed by atoms with E-state index in [1.807, 2.05) is 19.1 Å². The molecule has 0 bridgehead atoms. The quantitative estimate of drug-likeness (QED) is 0.833. The fourth-order valence-corrected chi connectivity index (χ4v) is 1.32. The monoisotopic (exact) mass is 205 g/mol. The fraction of sp³-hybridized carbons (Fsp3) is 0.455. The average molecular weight is 205 g/mol. The first-order chi connectivity index (χ1) is 7.15. The number of nitrogens with zero attached hydrogens (tertiary/aromatic N) is 2. The van der Waals surface area contributed by atoms with Crippen molar-refractivity contribution in [3.8, 4) is 0 Å². The molecule has 0 radical (unpaired) electrons. The predicted octanol–water partition coefficient (Wildman–Crippen LogP) is 2.03. The topological polar surface area (TPSA) is 51.0 Å². The van der Waals surface area contributed by atoms with E-state index in [-0.39, 0.29) is 0 Å². The zero-order valence-corrected chi connectivity index (χ0v) is 9.24. The molecule has 0 amide bonds. The molecule has 80 valence electrons. The Kier molecular flexibility index (Phi) is 2.68. The Labute approximate surface area is 88.7 Å². The number of rotatable bonds is 3. The van der Waals surface area contributed by atoms with E-state index in [1.165, 1.54) is 0 Å². The van der Waals surface area contributed by atoms with Crippen LogP contribution in [-0.2, 0) is 6.54 Å². The molecule has 4 nitrogen and oxygen atoms in total. The van der Waals surface area contributed by atoms with E-state index in [0.29, 0.717) is 24.1 Å². The van der Waals surface area contributed by atoms with Crippen molar-refractivity contribution in [2.75, 3.05) is 0 Å². The summed E-state index contributed by atoms with van der Waals surface area (Å²) in [6, 6.07) is 4.26. The summed E-state index contributed by atoms with van der Waals surface area (Å²) in [7, 11) is 0. The molecule has 0 aromatic carbocycles. The lowest BCUT2D eigenvalue weighted by atomic mass is 10.4. The molecule has 0 saturated carbocycles. The van der Waals surface area contributed by atoms with Crippen LogP contribution in [0.4, 0.5) is 0 Å². The van der Waals surface area contributed by atoms with Gasteiger partial charge in [-0.15, -0.1) is 0 Å². The minimum atomic E-state index is 0.426. The summed E-state index contributed by atoms with van der Waals surface area (Å²) >= 11 is 0. The van der Waals surface area contributed by atoms with E-state index in [1.54, 1.807) is 0 Å². The van der Waals surface area contributed by atoms with Gasteiger partial charge in [-0.1, -0.05) is 13.8 Å². The number of aromatic nitrogens is 2. The molecule has 2 aromatic heterocycles. The van der Waals surface area contributed by atoms with Gasteiger partial charge < -0.3 is 9.73 Å². The third-order valence-electron chi connectivity index (χ3n) is 2.10. The summed E-state index contributed by atoms with van der Waals surface area (Å²) in [5.41, 5.74) is 2.40. The van der Waals surface area contributed by atoms with Crippen LogP contribution in [0.15, 0.2) is 16.5 Å². The summed E-state index contributed by atoms with van der Waals surface area (Å²) in [5, 5.41) is 3.25. The number of hydrogen-bond acceptors (Lipinski definition) is 4. The predicted molar refractivity (Wildman–Crippen MR) is 58.5 cm³/mol. The summed E-state index contributed by atoms with van der Waals surface area (Å²) < 4.78 is 5.54. The van der Waals surface area contributed by atoms with Gasteiger partial charge in [0.1, 0.15) is 0 Å². The largest absolute Gasteiger partial charge is 0.438 e. The summed E-state index contributed by atoms with van der Waals surface area (Å²) in [4.78, 5) is 8.60. The van der Waals surface area contributed by atoms with Crippen LogP contribution in [0.2, 0.25) is 0 Å². The number of fused-ring (bicyclic) bond motifs is 1. The molecule has 1 N–H and O–H groups in total. The molecule has 2 heterocycles. The highest BCUT2D eigenvalue weighted by molar-refractivity contribution is 5.67. The minimum absolute atomic E-state index is 0.426. The van der Waals surface area contributed by atoms with E-state index in [4.69, 9.17) is 4.42 Å². The highest BCUT2D eigenvalue weighted by Crippen LogP contribution is 2.13. The molecular formula is C11H15N3O. The van der Waals surface area contributed by atoms with Crippen LogP contribution in [0.5, 0.6) is 0 Å². The fourth-order valence-electron chi connectivity index (χ4n) is 1.32. The Balaban J connectivity index is 2.23. The molecule has 0 atom stereocenters. The highest BCUT2D eigenvalue weighted by Gasteiger charge is 2.06. The Morgan fingerprint density at radius 2 is 2.13 bits per heavy atom. The molecule has 0 saturated heterocycles. The van der Waals surface area contributed by atoms with Crippen molar-refractivity contribution in [2.24, 2.45) is 0 Å². The van der Waals surface area contributed by atoms with E-state index in [9.17, 15) is 0 Å². The van der Waals surface area contributed by atoms with Gasteiger partial charge in [-0.2, -0.15) is 4.98 Å². The first kappa shape index (κ1) is 10.1. The lowest BCUT2D eigenvalue weighted by Gasteiger charge is -2.03. The molecule has 0 aliphatic heterocycles. The molecular weight excluding hydrogens is 190 g/mol. The van der Waals surface area contributed by atoms with E-state index >= 15 is 0 Å². The number of oxazole rings is 1. The van der Waals surface area contributed by atoms with E-state index in [2.05, 4.69) is 29.1 Å². The average Bonchev–Trinajstić information content (AvgIpc) is 2.56. The highest BCUT2D eigenvalue weighted by atomic mass is 16.3. The minimum Gasteiger partial charge on any atom is -0.438 e. The Morgan fingerprint density at radius 3 is 2.87 bits per heavy atom. The maximum Gasteiger partial charge on any atom is 0.211 e. The molecule has 2 rings (SSSR count). The molecule has 15 heavy (non-hydrogen) atoms. The van der Waals surface area contributed by atoms with Gasteiger partial charge >= 0.3 is 0 Å². The van der Waals surface area contributed by atoms with Gasteiger partial charge in [0.05, 0.1) is 6.54 Å². The Morgan fingerprint density at radius 1 is 1.33 bits per heavy atom. The van der Waals surface area contributed by atoms with Crippen molar-refractivity contribution in [3.63, 3.8) is 0 Å². The number of hydrogen-bond donors (Lipinski definition) is 1. The Hall–Kier alpha value is -1.42. The van der Waals surface area contributed by atoms with Crippen molar-refractivity contribution in [1.29, 1.82) is 0 Å². The smallest absolute Gasteiger partial charge is 0.211 e. The first-order valence-electron chi connectivity index (χ1n) is 5.11. The van der Waals surface area contributed by atoms with Crippen LogP contribution in [0.3, 0.4) is 0 Å². The molecule has 0 spiro atoms. The van der Waals surface area contributed by atoms with Gasteiger partial charge in [0.2, 0.25) is 5.89 Å². The normalized spacial score (nSPS) is 11.5. The molecule has 4 heteroatoms. The molecule has 0 fully saturated rings. The van der Waals surface area contributed by atoms with Crippen LogP contribution in [0.1, 0.15) is 25.4 Å².